The normalized spacial score (nSPS) is 17.5. The zero-order valence-corrected chi connectivity index (χ0v) is 20.0. The third kappa shape index (κ3) is 4.23. The summed E-state index contributed by atoms with van der Waals surface area (Å²) in [7, 11) is 4.06. The zero-order valence-electron chi connectivity index (χ0n) is 20.0. The first-order valence-corrected chi connectivity index (χ1v) is 11.9. The number of hydrogen-bond donors (Lipinski definition) is 1. The van der Waals surface area contributed by atoms with Crippen LogP contribution in [0, 0.1) is 5.41 Å². The first kappa shape index (κ1) is 21.7. The van der Waals surface area contributed by atoms with E-state index in [-0.39, 0.29) is 5.91 Å². The molecule has 0 radical (unpaired) electrons. The van der Waals surface area contributed by atoms with Crippen LogP contribution in [0.1, 0.15) is 23.2 Å². The van der Waals surface area contributed by atoms with E-state index < -0.39 is 0 Å². The van der Waals surface area contributed by atoms with Gasteiger partial charge in [-0.2, -0.15) is 5.10 Å². The number of anilines is 2. The lowest BCUT2D eigenvalue weighted by Crippen LogP contribution is -2.58. The van der Waals surface area contributed by atoms with E-state index >= 15 is 0 Å². The minimum Gasteiger partial charge on any atom is -0.357 e. The Morgan fingerprint density at radius 3 is 2.60 bits per heavy atom. The summed E-state index contributed by atoms with van der Waals surface area (Å²) in [5.74, 6) is 1.11. The van der Waals surface area contributed by atoms with Crippen molar-refractivity contribution < 1.29 is 4.79 Å². The molecular weight excluding hydrogens is 440 g/mol. The van der Waals surface area contributed by atoms with E-state index in [0.29, 0.717) is 16.8 Å². The Labute approximate surface area is 203 Å². The van der Waals surface area contributed by atoms with Crippen LogP contribution in [0.25, 0.3) is 22.2 Å². The monoisotopic (exact) mass is 468 g/mol. The summed E-state index contributed by atoms with van der Waals surface area (Å²) in [6, 6.07) is 9.34. The lowest BCUT2D eigenvalue weighted by Gasteiger charge is -2.53. The molecule has 0 aromatic carbocycles. The second-order valence-electron chi connectivity index (χ2n) is 9.88. The average Bonchev–Trinajstić information content (AvgIpc) is 3.29. The van der Waals surface area contributed by atoms with Gasteiger partial charge < -0.3 is 15.1 Å². The average molecular weight is 469 g/mol. The number of aromatic nitrogens is 5. The molecule has 0 saturated carbocycles. The van der Waals surface area contributed by atoms with Crippen LogP contribution in [0.2, 0.25) is 0 Å². The maximum Gasteiger partial charge on any atom is 0.257 e. The van der Waals surface area contributed by atoms with Gasteiger partial charge in [0.15, 0.2) is 0 Å². The minimum atomic E-state index is -0.210. The van der Waals surface area contributed by atoms with E-state index in [1.54, 1.807) is 35.4 Å². The summed E-state index contributed by atoms with van der Waals surface area (Å²) in [5, 5.41) is 8.05. The highest BCUT2D eigenvalue weighted by Gasteiger charge is 2.43. The van der Waals surface area contributed by atoms with Gasteiger partial charge in [-0.1, -0.05) is 0 Å². The lowest BCUT2D eigenvalue weighted by atomic mass is 9.72. The molecule has 2 aliphatic heterocycles. The molecule has 35 heavy (non-hydrogen) atoms. The number of rotatable bonds is 4. The molecule has 9 nitrogen and oxygen atoms in total. The number of fused-ring (bicyclic) bond motifs is 1. The molecule has 1 amide bonds. The third-order valence-corrected chi connectivity index (χ3v) is 7.18. The Morgan fingerprint density at radius 1 is 1.03 bits per heavy atom. The van der Waals surface area contributed by atoms with E-state index in [2.05, 4.69) is 37.2 Å². The number of amides is 1. The van der Waals surface area contributed by atoms with Gasteiger partial charge in [0, 0.05) is 74.4 Å². The van der Waals surface area contributed by atoms with E-state index in [4.69, 9.17) is 4.98 Å². The van der Waals surface area contributed by atoms with E-state index in [1.165, 1.54) is 25.9 Å². The highest BCUT2D eigenvalue weighted by atomic mass is 16.1. The molecule has 0 aliphatic carbocycles. The highest BCUT2D eigenvalue weighted by Crippen LogP contribution is 2.40. The Balaban J connectivity index is 1.17. The van der Waals surface area contributed by atoms with Crippen molar-refractivity contribution in [1.82, 2.24) is 29.6 Å². The van der Waals surface area contributed by atoms with Gasteiger partial charge in [-0.3, -0.25) is 9.48 Å². The van der Waals surface area contributed by atoms with Crippen molar-refractivity contribution in [3.05, 3.63) is 60.7 Å². The van der Waals surface area contributed by atoms with Crippen molar-refractivity contribution in [3.8, 4) is 11.3 Å². The van der Waals surface area contributed by atoms with Crippen molar-refractivity contribution >= 4 is 28.4 Å². The fourth-order valence-electron chi connectivity index (χ4n) is 5.35. The van der Waals surface area contributed by atoms with Crippen molar-refractivity contribution in [2.24, 2.45) is 12.5 Å². The Hall–Kier alpha value is -3.85. The molecule has 0 bridgehead atoms. The SMILES string of the molecule is CN1CC2(CCN(c3cc(C(=O)Nc4cc5nc(-c6cnn(C)c6)ccc5cn4)ccn3)CC2)C1. The van der Waals surface area contributed by atoms with Crippen LogP contribution in [0.3, 0.4) is 0 Å². The standard InChI is InChI=1S/C26H28N8O/c1-32-16-26(17-32)6-9-34(10-7-26)24-11-18(5-8-27-24)25(35)31-23-12-22-19(13-28-23)3-4-21(30-22)20-14-29-33(2)15-20/h3-5,8,11-15H,6-7,9-10,16-17H2,1-2H3,(H,28,31,35). The van der Waals surface area contributed by atoms with Gasteiger partial charge in [-0.15, -0.1) is 0 Å². The fraction of sp³-hybridized carbons (Fsp3) is 0.346. The van der Waals surface area contributed by atoms with Gasteiger partial charge in [-0.05, 0) is 49.6 Å². The maximum atomic E-state index is 13.0. The van der Waals surface area contributed by atoms with Crippen LogP contribution >= 0.6 is 0 Å². The Kier molecular flexibility index (Phi) is 5.21. The van der Waals surface area contributed by atoms with Crippen molar-refractivity contribution in [2.75, 3.05) is 43.4 Å². The number of pyridine rings is 3. The first-order valence-electron chi connectivity index (χ1n) is 11.9. The molecule has 178 valence electrons. The maximum absolute atomic E-state index is 13.0. The molecule has 0 atom stereocenters. The van der Waals surface area contributed by atoms with Gasteiger partial charge in [0.1, 0.15) is 11.6 Å². The number of piperidine rings is 1. The second-order valence-corrected chi connectivity index (χ2v) is 9.88. The molecule has 9 heteroatoms. The van der Waals surface area contributed by atoms with Crippen LogP contribution in [0.15, 0.2) is 55.1 Å². The number of likely N-dealkylation sites (tertiary alicyclic amines) is 1. The highest BCUT2D eigenvalue weighted by molar-refractivity contribution is 6.04. The third-order valence-electron chi connectivity index (χ3n) is 7.18. The van der Waals surface area contributed by atoms with Crippen LogP contribution < -0.4 is 10.2 Å². The largest absolute Gasteiger partial charge is 0.357 e. The molecule has 6 heterocycles. The number of aryl methyl sites for hydroxylation is 1. The van der Waals surface area contributed by atoms with Gasteiger partial charge in [-0.25, -0.2) is 15.0 Å². The van der Waals surface area contributed by atoms with Crippen LogP contribution in [-0.4, -0.2) is 68.8 Å². The molecule has 4 aromatic heterocycles. The second kappa shape index (κ2) is 8.42. The molecule has 1 N–H and O–H groups in total. The van der Waals surface area contributed by atoms with Gasteiger partial charge in [0.25, 0.3) is 5.91 Å². The number of nitrogens with zero attached hydrogens (tertiary/aromatic N) is 7. The van der Waals surface area contributed by atoms with E-state index in [1.807, 2.05) is 31.4 Å². The molecule has 2 saturated heterocycles. The summed E-state index contributed by atoms with van der Waals surface area (Å²) < 4.78 is 1.75. The van der Waals surface area contributed by atoms with Crippen molar-refractivity contribution in [3.63, 3.8) is 0 Å². The molecular formula is C26H28N8O. The fourth-order valence-corrected chi connectivity index (χ4v) is 5.35. The van der Waals surface area contributed by atoms with Gasteiger partial charge in [0.2, 0.25) is 0 Å². The summed E-state index contributed by atoms with van der Waals surface area (Å²) in [4.78, 5) is 31.4. The Morgan fingerprint density at radius 2 is 1.86 bits per heavy atom. The number of hydrogen-bond acceptors (Lipinski definition) is 7. The summed E-state index contributed by atoms with van der Waals surface area (Å²) in [6.45, 7) is 4.33. The van der Waals surface area contributed by atoms with Crippen molar-refractivity contribution in [2.45, 2.75) is 12.8 Å². The number of carbonyl (C=O) groups excluding carboxylic acids is 1. The minimum absolute atomic E-state index is 0.210. The lowest BCUT2D eigenvalue weighted by molar-refractivity contribution is 0.00121. The smallest absolute Gasteiger partial charge is 0.257 e. The molecule has 1 spiro atoms. The molecule has 6 rings (SSSR count). The van der Waals surface area contributed by atoms with E-state index in [0.717, 1.165) is 41.1 Å². The van der Waals surface area contributed by atoms with Crippen molar-refractivity contribution in [1.29, 1.82) is 0 Å². The molecule has 0 unspecified atom stereocenters. The Bertz CT molecular complexity index is 1400. The first-order chi connectivity index (χ1) is 17.0. The van der Waals surface area contributed by atoms with Gasteiger partial charge in [0.05, 0.1) is 17.4 Å². The summed E-state index contributed by atoms with van der Waals surface area (Å²) in [6.07, 6.45) is 9.48. The zero-order chi connectivity index (χ0) is 24.0. The number of nitrogens with one attached hydrogen (secondary N) is 1. The predicted octanol–water partition coefficient (Wildman–Crippen LogP) is 3.21. The quantitative estimate of drug-likeness (QED) is 0.492. The molecule has 2 aliphatic rings. The van der Waals surface area contributed by atoms with Crippen LogP contribution in [0.4, 0.5) is 11.6 Å². The molecule has 2 fully saturated rings. The number of carbonyl (C=O) groups is 1. The summed E-state index contributed by atoms with van der Waals surface area (Å²) in [5.41, 5.74) is 3.57. The summed E-state index contributed by atoms with van der Waals surface area (Å²) >= 11 is 0. The van der Waals surface area contributed by atoms with Gasteiger partial charge >= 0.3 is 0 Å². The van der Waals surface area contributed by atoms with Crippen LogP contribution in [0.5, 0.6) is 0 Å². The topological polar surface area (TPSA) is 92.1 Å². The van der Waals surface area contributed by atoms with Crippen LogP contribution in [-0.2, 0) is 7.05 Å². The van der Waals surface area contributed by atoms with E-state index in [9.17, 15) is 4.79 Å². The molecule has 4 aromatic rings. The predicted molar refractivity (Wildman–Crippen MR) is 135 cm³/mol.